The molecule has 0 radical (unpaired) electrons. The second-order valence-electron chi connectivity index (χ2n) is 13.3. The summed E-state index contributed by atoms with van der Waals surface area (Å²) in [7, 11) is 0. The van der Waals surface area contributed by atoms with Gasteiger partial charge in [-0.25, -0.2) is 9.97 Å². The standard InChI is InChI=1S/C48H28N2OS/c1-2-13-29(14-3-1)30-16-12-17-32(25-30)45-47-46(38-22-9-11-24-43(38)52-47)50-48(49-45)40-27-33(28-42-44(40)37-21-8-10-23-41(37)51-42)39-26-31-15-4-5-18-34(31)35-19-6-7-20-36(35)39/h1-28H. The Bertz CT molecular complexity index is 3190. The highest BCUT2D eigenvalue weighted by atomic mass is 32.1. The number of hydrogen-bond acceptors (Lipinski definition) is 4. The maximum atomic E-state index is 6.65. The van der Waals surface area contributed by atoms with E-state index in [2.05, 4.69) is 158 Å². The molecular formula is C48H28N2OS. The molecule has 11 aromatic rings. The van der Waals surface area contributed by atoms with E-state index in [4.69, 9.17) is 14.4 Å². The van der Waals surface area contributed by atoms with Crippen molar-refractivity contribution in [1.29, 1.82) is 0 Å². The molecular weight excluding hydrogens is 653 g/mol. The Balaban J connectivity index is 1.24. The Hall–Kier alpha value is -6.62. The van der Waals surface area contributed by atoms with Gasteiger partial charge >= 0.3 is 0 Å². The third-order valence-corrected chi connectivity index (χ3v) is 11.4. The summed E-state index contributed by atoms with van der Waals surface area (Å²) < 4.78 is 8.92. The Labute approximate surface area is 303 Å². The highest BCUT2D eigenvalue weighted by molar-refractivity contribution is 7.26. The molecule has 0 aliphatic carbocycles. The van der Waals surface area contributed by atoms with Gasteiger partial charge in [-0.15, -0.1) is 11.3 Å². The number of nitrogens with zero attached hydrogens (tertiary/aromatic N) is 2. The van der Waals surface area contributed by atoms with Crippen LogP contribution in [-0.2, 0) is 0 Å². The van der Waals surface area contributed by atoms with E-state index in [-0.39, 0.29) is 0 Å². The number of rotatable bonds is 4. The van der Waals surface area contributed by atoms with Gasteiger partial charge in [0.2, 0.25) is 0 Å². The first kappa shape index (κ1) is 29.1. The lowest BCUT2D eigenvalue weighted by Gasteiger charge is -2.14. The van der Waals surface area contributed by atoms with Crippen LogP contribution in [0.25, 0.3) is 109 Å². The zero-order valence-corrected chi connectivity index (χ0v) is 28.7. The topological polar surface area (TPSA) is 38.9 Å². The zero-order chi connectivity index (χ0) is 34.2. The molecule has 0 saturated heterocycles. The Morgan fingerprint density at radius 3 is 2.00 bits per heavy atom. The van der Waals surface area contributed by atoms with E-state index in [1.165, 1.54) is 31.8 Å². The van der Waals surface area contributed by atoms with Crippen molar-refractivity contribution in [3.8, 4) is 44.9 Å². The maximum absolute atomic E-state index is 6.65. The fourth-order valence-corrected chi connectivity index (χ4v) is 9.02. The first-order chi connectivity index (χ1) is 25.8. The third-order valence-electron chi connectivity index (χ3n) is 10.3. The van der Waals surface area contributed by atoms with Gasteiger partial charge < -0.3 is 4.42 Å². The molecule has 0 bridgehead atoms. The molecule has 0 aliphatic rings. The van der Waals surface area contributed by atoms with Crippen molar-refractivity contribution in [2.45, 2.75) is 0 Å². The van der Waals surface area contributed by atoms with Gasteiger partial charge in [-0.3, -0.25) is 0 Å². The van der Waals surface area contributed by atoms with Crippen molar-refractivity contribution in [3.63, 3.8) is 0 Å². The molecule has 0 fully saturated rings. The van der Waals surface area contributed by atoms with Gasteiger partial charge in [0.05, 0.1) is 15.9 Å². The first-order valence-corrected chi connectivity index (χ1v) is 18.3. The number of para-hydroxylation sites is 1. The van der Waals surface area contributed by atoms with Gasteiger partial charge in [-0.2, -0.15) is 0 Å². The minimum atomic E-state index is 0.680. The van der Waals surface area contributed by atoms with E-state index in [1.54, 1.807) is 11.3 Å². The highest BCUT2D eigenvalue weighted by Crippen LogP contribution is 2.45. The average molecular weight is 681 g/mol. The van der Waals surface area contributed by atoms with Crippen LogP contribution in [-0.4, -0.2) is 9.97 Å². The fourth-order valence-electron chi connectivity index (χ4n) is 7.86. The number of furan rings is 1. The van der Waals surface area contributed by atoms with E-state index >= 15 is 0 Å². The Morgan fingerprint density at radius 1 is 0.423 bits per heavy atom. The summed E-state index contributed by atoms with van der Waals surface area (Å²) in [6.45, 7) is 0. The van der Waals surface area contributed by atoms with Crippen LogP contribution >= 0.6 is 11.3 Å². The zero-order valence-electron chi connectivity index (χ0n) is 27.9. The van der Waals surface area contributed by atoms with Crippen LogP contribution in [0.1, 0.15) is 0 Å². The van der Waals surface area contributed by atoms with Crippen LogP contribution in [0.15, 0.2) is 174 Å². The summed E-state index contributed by atoms with van der Waals surface area (Å²) in [4.78, 5) is 11.0. The smallest absolute Gasteiger partial charge is 0.161 e. The van der Waals surface area contributed by atoms with E-state index in [0.29, 0.717) is 5.82 Å². The third kappa shape index (κ3) is 4.51. The summed E-state index contributed by atoms with van der Waals surface area (Å²) in [5.41, 5.74) is 10.1. The molecule has 8 aromatic carbocycles. The van der Waals surface area contributed by atoms with Crippen LogP contribution in [0.3, 0.4) is 0 Å². The average Bonchev–Trinajstić information content (AvgIpc) is 3.79. The predicted molar refractivity (Wildman–Crippen MR) is 219 cm³/mol. The quantitative estimate of drug-likeness (QED) is 0.174. The summed E-state index contributed by atoms with van der Waals surface area (Å²) in [6, 6.07) is 60.2. The summed E-state index contributed by atoms with van der Waals surface area (Å²) in [5, 5.41) is 8.07. The Morgan fingerprint density at radius 2 is 1.12 bits per heavy atom. The molecule has 52 heavy (non-hydrogen) atoms. The minimum Gasteiger partial charge on any atom is -0.456 e. The number of aromatic nitrogens is 2. The van der Waals surface area contributed by atoms with Crippen molar-refractivity contribution in [1.82, 2.24) is 9.97 Å². The second-order valence-corrected chi connectivity index (χ2v) is 14.4. The molecule has 0 atom stereocenters. The predicted octanol–water partition coefficient (Wildman–Crippen LogP) is 13.7. The molecule has 3 heterocycles. The summed E-state index contributed by atoms with van der Waals surface area (Å²) in [5.74, 6) is 0.680. The number of fused-ring (bicyclic) bond motifs is 9. The van der Waals surface area contributed by atoms with E-state index < -0.39 is 0 Å². The molecule has 3 nitrogen and oxygen atoms in total. The molecule has 4 heteroatoms. The van der Waals surface area contributed by atoms with Crippen molar-refractivity contribution in [3.05, 3.63) is 170 Å². The normalized spacial score (nSPS) is 11.8. The molecule has 0 unspecified atom stereocenters. The van der Waals surface area contributed by atoms with Gasteiger partial charge in [0.25, 0.3) is 0 Å². The molecule has 11 rings (SSSR count). The molecule has 0 spiro atoms. The summed E-state index contributed by atoms with van der Waals surface area (Å²) in [6.07, 6.45) is 0. The van der Waals surface area contributed by atoms with Crippen LogP contribution in [0.2, 0.25) is 0 Å². The SMILES string of the molecule is c1ccc(-c2cccc(-c3nc(-c4cc(-c5cc6ccccc6c6ccccc56)cc5oc6ccccc6c45)nc4c3sc3ccccc34)c2)cc1. The molecule has 242 valence electrons. The van der Waals surface area contributed by atoms with Gasteiger partial charge in [0, 0.05) is 32.0 Å². The molecule has 0 amide bonds. The molecule has 0 N–H and O–H groups in total. The van der Waals surface area contributed by atoms with Crippen molar-refractivity contribution in [2.75, 3.05) is 0 Å². The minimum absolute atomic E-state index is 0.680. The maximum Gasteiger partial charge on any atom is 0.161 e. The van der Waals surface area contributed by atoms with Crippen LogP contribution < -0.4 is 0 Å². The summed E-state index contributed by atoms with van der Waals surface area (Å²) >= 11 is 1.76. The van der Waals surface area contributed by atoms with Gasteiger partial charge in [0.1, 0.15) is 11.2 Å². The van der Waals surface area contributed by atoms with Crippen molar-refractivity contribution >= 4 is 75.1 Å². The highest BCUT2D eigenvalue weighted by Gasteiger charge is 2.22. The van der Waals surface area contributed by atoms with Crippen LogP contribution in [0, 0.1) is 0 Å². The van der Waals surface area contributed by atoms with Crippen LogP contribution in [0.5, 0.6) is 0 Å². The van der Waals surface area contributed by atoms with Crippen molar-refractivity contribution < 1.29 is 4.42 Å². The monoisotopic (exact) mass is 680 g/mol. The molecule has 0 saturated carbocycles. The molecule has 0 aliphatic heterocycles. The lowest BCUT2D eigenvalue weighted by Crippen LogP contribution is -1.95. The van der Waals surface area contributed by atoms with E-state index in [9.17, 15) is 0 Å². The number of hydrogen-bond donors (Lipinski definition) is 0. The van der Waals surface area contributed by atoms with Gasteiger partial charge in [-0.05, 0) is 80.2 Å². The Kier molecular flexibility index (Phi) is 6.42. The number of benzene rings is 8. The lowest BCUT2D eigenvalue weighted by molar-refractivity contribution is 0.669. The second kappa shape index (κ2) is 11.5. The lowest BCUT2D eigenvalue weighted by atomic mass is 9.91. The van der Waals surface area contributed by atoms with E-state index in [1.807, 2.05) is 12.1 Å². The van der Waals surface area contributed by atoms with E-state index in [0.717, 1.165) is 71.1 Å². The fraction of sp³-hybridized carbons (Fsp3) is 0. The van der Waals surface area contributed by atoms with Crippen LogP contribution in [0.4, 0.5) is 0 Å². The first-order valence-electron chi connectivity index (χ1n) is 17.5. The van der Waals surface area contributed by atoms with Gasteiger partial charge in [-0.1, -0.05) is 133 Å². The molecule has 3 aromatic heterocycles. The van der Waals surface area contributed by atoms with Gasteiger partial charge in [0.15, 0.2) is 5.82 Å². The number of thiophene rings is 1. The largest absolute Gasteiger partial charge is 0.456 e. The van der Waals surface area contributed by atoms with Crippen molar-refractivity contribution in [2.24, 2.45) is 0 Å².